The van der Waals surface area contributed by atoms with Gasteiger partial charge in [0, 0.05) is 11.0 Å². The number of aliphatic carboxylic acids is 2. The molecule has 0 aliphatic carbocycles. The van der Waals surface area contributed by atoms with Crippen LogP contribution in [0.3, 0.4) is 0 Å². The minimum absolute atomic E-state index is 0.0574. The zero-order chi connectivity index (χ0) is 15.9. The number of thioether (sulfide) groups is 1. The van der Waals surface area contributed by atoms with Gasteiger partial charge in [0.25, 0.3) is 0 Å². The van der Waals surface area contributed by atoms with E-state index in [1.807, 2.05) is 0 Å². The van der Waals surface area contributed by atoms with Crippen molar-refractivity contribution in [3.63, 3.8) is 0 Å². The first-order valence-corrected chi connectivity index (χ1v) is 9.16. The quantitative estimate of drug-likeness (QED) is 0.433. The first kappa shape index (κ1) is 20.3. The molecule has 1 atom stereocenters. The van der Waals surface area contributed by atoms with E-state index in [0.29, 0.717) is 5.75 Å². The highest BCUT2D eigenvalue weighted by atomic mass is 32.2. The van der Waals surface area contributed by atoms with Crippen LogP contribution in [0, 0.1) is 0 Å². The van der Waals surface area contributed by atoms with Crippen LogP contribution in [-0.4, -0.2) is 33.2 Å². The van der Waals surface area contributed by atoms with Gasteiger partial charge in [0.2, 0.25) is 0 Å². The molecule has 0 fully saturated rings. The molecule has 0 amide bonds. The molecule has 0 saturated carbocycles. The summed E-state index contributed by atoms with van der Waals surface area (Å²) in [6.07, 6.45) is 11.0. The molecule has 0 radical (unpaired) electrons. The van der Waals surface area contributed by atoms with Crippen molar-refractivity contribution in [1.82, 2.24) is 0 Å². The number of carboxylic acid groups (broad SMARTS) is 2. The second kappa shape index (κ2) is 14.2. The number of carboxylic acids is 2. The topological polar surface area (TPSA) is 74.6 Å². The van der Waals surface area contributed by atoms with Gasteiger partial charge in [-0.25, -0.2) is 0 Å². The van der Waals surface area contributed by atoms with E-state index in [2.05, 4.69) is 6.92 Å². The second-order valence-corrected chi connectivity index (χ2v) is 6.91. The number of carbonyl (C=O) groups is 2. The third-order valence-corrected chi connectivity index (χ3v) is 4.77. The van der Waals surface area contributed by atoms with Crippen molar-refractivity contribution in [3.8, 4) is 0 Å². The van der Waals surface area contributed by atoms with Crippen LogP contribution in [0.15, 0.2) is 0 Å². The summed E-state index contributed by atoms with van der Waals surface area (Å²) in [7, 11) is 0. The van der Waals surface area contributed by atoms with Gasteiger partial charge in [-0.1, -0.05) is 58.3 Å². The average molecular weight is 318 g/mol. The van der Waals surface area contributed by atoms with Gasteiger partial charge in [0.1, 0.15) is 0 Å². The van der Waals surface area contributed by atoms with E-state index in [0.717, 1.165) is 19.3 Å². The lowest BCUT2D eigenvalue weighted by Gasteiger charge is -2.13. The minimum atomic E-state index is -0.816. The zero-order valence-electron chi connectivity index (χ0n) is 13.2. The van der Waals surface area contributed by atoms with Crippen molar-refractivity contribution in [2.75, 3.05) is 5.75 Å². The van der Waals surface area contributed by atoms with E-state index in [9.17, 15) is 9.59 Å². The maximum absolute atomic E-state index is 10.8. The van der Waals surface area contributed by atoms with E-state index >= 15 is 0 Å². The molecule has 21 heavy (non-hydrogen) atoms. The fourth-order valence-electron chi connectivity index (χ4n) is 2.26. The van der Waals surface area contributed by atoms with Crippen molar-refractivity contribution < 1.29 is 19.8 Å². The summed E-state index contributed by atoms with van der Waals surface area (Å²) in [6, 6.07) is 0. The molecular formula is C16H30O4S. The summed E-state index contributed by atoms with van der Waals surface area (Å²) < 4.78 is 0. The minimum Gasteiger partial charge on any atom is -0.481 e. The lowest BCUT2D eigenvalue weighted by molar-refractivity contribution is -0.137. The third-order valence-electron chi connectivity index (χ3n) is 3.45. The summed E-state index contributed by atoms with van der Waals surface area (Å²) in [5.74, 6) is -1.10. The summed E-state index contributed by atoms with van der Waals surface area (Å²) in [5, 5.41) is 17.6. The number of hydrogen-bond acceptors (Lipinski definition) is 3. The first-order chi connectivity index (χ1) is 10.1. The Kier molecular flexibility index (Phi) is 13.8. The molecule has 0 saturated heterocycles. The van der Waals surface area contributed by atoms with Gasteiger partial charge in [0.15, 0.2) is 0 Å². The second-order valence-electron chi connectivity index (χ2n) is 5.50. The van der Waals surface area contributed by atoms with Gasteiger partial charge >= 0.3 is 11.9 Å². The number of hydrogen-bond donors (Lipinski definition) is 2. The van der Waals surface area contributed by atoms with Gasteiger partial charge in [-0.3, -0.25) is 9.59 Å². The SMILES string of the molecule is CCCCCCCCCCC(CC(=O)O)SCCC(=O)O. The maximum Gasteiger partial charge on any atom is 0.304 e. The Morgan fingerprint density at radius 3 is 2.00 bits per heavy atom. The first-order valence-electron chi connectivity index (χ1n) is 8.11. The van der Waals surface area contributed by atoms with Crippen molar-refractivity contribution in [3.05, 3.63) is 0 Å². The Morgan fingerprint density at radius 2 is 1.48 bits per heavy atom. The molecule has 0 aromatic carbocycles. The largest absolute Gasteiger partial charge is 0.481 e. The Balaban J connectivity index is 3.65. The Morgan fingerprint density at radius 1 is 0.905 bits per heavy atom. The van der Waals surface area contributed by atoms with Crippen LogP contribution < -0.4 is 0 Å². The van der Waals surface area contributed by atoms with Gasteiger partial charge in [-0.15, -0.1) is 0 Å². The molecule has 4 nitrogen and oxygen atoms in total. The average Bonchev–Trinajstić information content (AvgIpc) is 2.40. The molecule has 0 bridgehead atoms. The van der Waals surface area contributed by atoms with Crippen LogP contribution in [0.25, 0.3) is 0 Å². The van der Waals surface area contributed by atoms with Crippen LogP contribution in [0.1, 0.15) is 77.6 Å². The normalized spacial score (nSPS) is 12.2. The maximum atomic E-state index is 10.8. The molecule has 0 spiro atoms. The molecule has 0 rings (SSSR count). The Labute approximate surface area is 132 Å². The predicted octanol–water partition coefficient (Wildman–Crippen LogP) is 4.57. The highest BCUT2D eigenvalue weighted by Crippen LogP contribution is 2.22. The molecule has 0 aliphatic heterocycles. The zero-order valence-corrected chi connectivity index (χ0v) is 14.0. The molecule has 2 N–H and O–H groups in total. The molecule has 1 unspecified atom stereocenters. The molecule has 5 heteroatoms. The van der Waals surface area contributed by atoms with Gasteiger partial charge in [-0.05, 0) is 6.42 Å². The van der Waals surface area contributed by atoms with E-state index in [1.165, 1.54) is 50.3 Å². The lowest BCUT2D eigenvalue weighted by atomic mass is 10.1. The summed E-state index contributed by atoms with van der Waals surface area (Å²) >= 11 is 1.49. The molecule has 0 aromatic heterocycles. The highest BCUT2D eigenvalue weighted by Gasteiger charge is 2.14. The van der Waals surface area contributed by atoms with E-state index < -0.39 is 11.9 Å². The Bertz CT molecular complexity index is 281. The van der Waals surface area contributed by atoms with Crippen molar-refractivity contribution in [2.45, 2.75) is 82.8 Å². The summed E-state index contributed by atoms with van der Waals surface area (Å²) in [4.78, 5) is 21.3. The molecule has 0 heterocycles. The van der Waals surface area contributed by atoms with Crippen molar-refractivity contribution >= 4 is 23.7 Å². The molecule has 0 aliphatic rings. The van der Waals surface area contributed by atoms with Crippen molar-refractivity contribution in [1.29, 1.82) is 0 Å². The van der Waals surface area contributed by atoms with Gasteiger partial charge in [-0.2, -0.15) is 11.8 Å². The molecule has 124 valence electrons. The van der Waals surface area contributed by atoms with Gasteiger partial charge < -0.3 is 10.2 Å². The predicted molar refractivity (Wildman–Crippen MR) is 88.0 cm³/mol. The van der Waals surface area contributed by atoms with E-state index in [4.69, 9.17) is 10.2 Å². The smallest absolute Gasteiger partial charge is 0.304 e. The summed E-state index contributed by atoms with van der Waals surface area (Å²) in [5.41, 5.74) is 0. The summed E-state index contributed by atoms with van der Waals surface area (Å²) in [6.45, 7) is 2.21. The van der Waals surface area contributed by atoms with Gasteiger partial charge in [0.05, 0.1) is 12.8 Å². The fourth-order valence-corrected chi connectivity index (χ4v) is 3.48. The standard InChI is InChI=1S/C16H30O4S/c1-2-3-4-5-6-7-8-9-10-14(13-16(19)20)21-12-11-15(17)18/h14H,2-13H2,1H3,(H,17,18)(H,19,20). The van der Waals surface area contributed by atoms with Crippen molar-refractivity contribution in [2.24, 2.45) is 0 Å². The molecular weight excluding hydrogens is 288 g/mol. The highest BCUT2D eigenvalue weighted by molar-refractivity contribution is 7.99. The fraction of sp³-hybridized carbons (Fsp3) is 0.875. The van der Waals surface area contributed by atoms with Crippen LogP contribution in [0.4, 0.5) is 0 Å². The van der Waals surface area contributed by atoms with Crippen LogP contribution >= 0.6 is 11.8 Å². The molecule has 0 aromatic rings. The Hall–Kier alpha value is -0.710. The third kappa shape index (κ3) is 15.5. The van der Waals surface area contributed by atoms with Crippen LogP contribution in [-0.2, 0) is 9.59 Å². The number of rotatable bonds is 15. The van der Waals surface area contributed by atoms with E-state index in [1.54, 1.807) is 0 Å². The monoisotopic (exact) mass is 318 g/mol. The lowest BCUT2D eigenvalue weighted by Crippen LogP contribution is -2.11. The van der Waals surface area contributed by atoms with E-state index in [-0.39, 0.29) is 18.1 Å². The van der Waals surface area contributed by atoms with Crippen LogP contribution in [0.2, 0.25) is 0 Å². The number of unbranched alkanes of at least 4 members (excludes halogenated alkanes) is 7. The van der Waals surface area contributed by atoms with Crippen LogP contribution in [0.5, 0.6) is 0 Å².